The van der Waals surface area contributed by atoms with Crippen molar-refractivity contribution < 1.29 is 13.2 Å². The summed E-state index contributed by atoms with van der Waals surface area (Å²) in [5.41, 5.74) is -2.09. The topological polar surface area (TPSA) is 45.8 Å². The third kappa shape index (κ3) is 3.01. The highest BCUT2D eigenvalue weighted by molar-refractivity contribution is 5.66. The van der Waals surface area contributed by atoms with Crippen LogP contribution in [0.4, 0.5) is 13.2 Å². The highest BCUT2D eigenvalue weighted by Gasteiger charge is 2.38. The average molecular weight is 316 g/mol. The lowest BCUT2D eigenvalue weighted by atomic mass is 10.1. The van der Waals surface area contributed by atoms with Crippen LogP contribution in [-0.4, -0.2) is 9.97 Å². The van der Waals surface area contributed by atoms with E-state index in [4.69, 9.17) is 0 Å². The van der Waals surface area contributed by atoms with Crippen molar-refractivity contribution in [1.29, 1.82) is 0 Å². The molecule has 0 aliphatic rings. The summed E-state index contributed by atoms with van der Waals surface area (Å²) >= 11 is 0. The van der Waals surface area contributed by atoms with Gasteiger partial charge in [0.15, 0.2) is 0 Å². The van der Waals surface area contributed by atoms with Gasteiger partial charge in [0.25, 0.3) is 5.56 Å². The number of benzene rings is 2. The lowest BCUT2D eigenvalue weighted by Gasteiger charge is -2.13. The molecule has 0 saturated carbocycles. The third-order valence-corrected chi connectivity index (χ3v) is 3.30. The van der Waals surface area contributed by atoms with E-state index in [0.717, 1.165) is 0 Å². The smallest absolute Gasteiger partial charge is 0.306 e. The number of halogens is 3. The molecule has 0 fully saturated rings. The van der Waals surface area contributed by atoms with Crippen LogP contribution in [-0.2, 0) is 6.18 Å². The molecule has 3 nitrogen and oxygen atoms in total. The van der Waals surface area contributed by atoms with Crippen LogP contribution < -0.4 is 5.56 Å². The Morgan fingerprint density at radius 2 is 1.35 bits per heavy atom. The molecule has 116 valence electrons. The number of aromatic amines is 1. The molecule has 1 aromatic heterocycles. The lowest BCUT2D eigenvalue weighted by molar-refractivity contribution is -0.138. The zero-order chi connectivity index (χ0) is 16.4. The van der Waals surface area contributed by atoms with Crippen molar-refractivity contribution in [2.75, 3.05) is 0 Å². The van der Waals surface area contributed by atoms with Gasteiger partial charge in [-0.05, 0) is 0 Å². The quantitative estimate of drug-likeness (QED) is 0.773. The van der Waals surface area contributed by atoms with Crippen LogP contribution in [0.3, 0.4) is 0 Å². The summed E-state index contributed by atoms with van der Waals surface area (Å²) in [6.45, 7) is 0. The number of H-pyrrole nitrogens is 1. The monoisotopic (exact) mass is 316 g/mol. The van der Waals surface area contributed by atoms with Crippen molar-refractivity contribution in [1.82, 2.24) is 9.97 Å². The molecule has 1 heterocycles. The zero-order valence-corrected chi connectivity index (χ0v) is 11.8. The van der Waals surface area contributed by atoms with Gasteiger partial charge in [-0.1, -0.05) is 60.7 Å². The predicted molar refractivity (Wildman–Crippen MR) is 80.7 cm³/mol. The van der Waals surface area contributed by atoms with Gasteiger partial charge in [-0.15, -0.1) is 0 Å². The van der Waals surface area contributed by atoms with E-state index in [0.29, 0.717) is 5.56 Å². The predicted octanol–water partition coefficient (Wildman–Crippen LogP) is 4.12. The SMILES string of the molecule is O=c1[nH]c(-c2ccccc2)nc(-c2ccccc2)c1C(F)(F)F. The van der Waals surface area contributed by atoms with Gasteiger partial charge in [0, 0.05) is 11.1 Å². The maximum atomic E-state index is 13.3. The van der Waals surface area contributed by atoms with Crippen molar-refractivity contribution in [3.8, 4) is 22.6 Å². The van der Waals surface area contributed by atoms with Gasteiger partial charge in [-0.2, -0.15) is 13.2 Å². The van der Waals surface area contributed by atoms with Crippen molar-refractivity contribution in [2.24, 2.45) is 0 Å². The molecule has 2 aromatic carbocycles. The minimum absolute atomic E-state index is 0.0995. The van der Waals surface area contributed by atoms with E-state index >= 15 is 0 Å². The van der Waals surface area contributed by atoms with Crippen LogP contribution in [0.1, 0.15) is 5.56 Å². The molecule has 1 N–H and O–H groups in total. The summed E-state index contributed by atoms with van der Waals surface area (Å²) < 4.78 is 39.8. The molecule has 0 unspecified atom stereocenters. The summed E-state index contributed by atoms with van der Waals surface area (Å²) in [6.07, 6.45) is -4.79. The molecule has 0 amide bonds. The van der Waals surface area contributed by atoms with Crippen LogP contribution in [0.15, 0.2) is 65.5 Å². The van der Waals surface area contributed by atoms with Gasteiger partial charge in [-0.25, -0.2) is 4.98 Å². The summed E-state index contributed by atoms with van der Waals surface area (Å²) in [6, 6.07) is 16.4. The Bertz CT molecular complexity index is 872. The molecule has 0 aliphatic heterocycles. The molecule has 3 rings (SSSR count). The van der Waals surface area contributed by atoms with Crippen molar-refractivity contribution in [3.05, 3.63) is 76.6 Å². The number of hydrogen-bond donors (Lipinski definition) is 1. The maximum Gasteiger partial charge on any atom is 0.423 e. The van der Waals surface area contributed by atoms with Gasteiger partial charge >= 0.3 is 6.18 Å². The first-order valence-electron chi connectivity index (χ1n) is 6.79. The number of alkyl halides is 3. The van der Waals surface area contributed by atoms with Crippen molar-refractivity contribution in [2.45, 2.75) is 6.18 Å². The Balaban J connectivity index is 2.30. The fourth-order valence-corrected chi connectivity index (χ4v) is 2.27. The normalized spacial score (nSPS) is 11.4. The van der Waals surface area contributed by atoms with Crippen LogP contribution in [0, 0.1) is 0 Å². The Morgan fingerprint density at radius 1 is 0.826 bits per heavy atom. The Morgan fingerprint density at radius 3 is 1.87 bits per heavy atom. The van der Waals surface area contributed by atoms with Gasteiger partial charge < -0.3 is 4.98 Å². The second kappa shape index (κ2) is 5.72. The zero-order valence-electron chi connectivity index (χ0n) is 11.8. The summed E-state index contributed by atoms with van der Waals surface area (Å²) in [7, 11) is 0. The van der Waals surface area contributed by atoms with Crippen LogP contribution in [0.5, 0.6) is 0 Å². The highest BCUT2D eigenvalue weighted by Crippen LogP contribution is 2.34. The molecule has 0 saturated heterocycles. The van der Waals surface area contributed by atoms with Gasteiger partial charge in [0.2, 0.25) is 0 Å². The second-order valence-electron chi connectivity index (χ2n) is 4.87. The Labute approximate surface area is 129 Å². The van der Waals surface area contributed by atoms with Crippen LogP contribution in [0.2, 0.25) is 0 Å². The summed E-state index contributed by atoms with van der Waals surface area (Å²) in [5.74, 6) is 0.0995. The molecule has 6 heteroatoms. The molecular weight excluding hydrogens is 305 g/mol. The van der Waals surface area contributed by atoms with Crippen LogP contribution >= 0.6 is 0 Å². The number of rotatable bonds is 2. The molecule has 0 radical (unpaired) electrons. The highest BCUT2D eigenvalue weighted by atomic mass is 19.4. The molecule has 0 bridgehead atoms. The van der Waals surface area contributed by atoms with Crippen molar-refractivity contribution >= 4 is 0 Å². The number of nitrogens with one attached hydrogen (secondary N) is 1. The summed E-state index contributed by atoms with van der Waals surface area (Å²) in [4.78, 5) is 18.3. The molecule has 0 atom stereocenters. The van der Waals surface area contributed by atoms with Crippen molar-refractivity contribution in [3.63, 3.8) is 0 Å². The first-order chi connectivity index (χ1) is 11.0. The summed E-state index contributed by atoms with van der Waals surface area (Å²) in [5, 5.41) is 0. The Hall–Kier alpha value is -2.89. The van der Waals surface area contributed by atoms with Gasteiger partial charge in [0.05, 0.1) is 5.69 Å². The van der Waals surface area contributed by atoms with E-state index in [1.165, 1.54) is 12.1 Å². The molecule has 23 heavy (non-hydrogen) atoms. The first-order valence-corrected chi connectivity index (χ1v) is 6.79. The maximum absolute atomic E-state index is 13.3. The number of aromatic nitrogens is 2. The standard InChI is InChI=1S/C17H11F3N2O/c18-17(19,20)13-14(11-7-3-1-4-8-11)21-15(22-16(13)23)12-9-5-2-6-10-12/h1-10H,(H,21,22,23). The largest absolute Gasteiger partial charge is 0.423 e. The first kappa shape index (κ1) is 15.0. The Kier molecular flexibility index (Phi) is 3.73. The number of nitrogens with zero attached hydrogens (tertiary/aromatic N) is 1. The third-order valence-electron chi connectivity index (χ3n) is 3.30. The lowest BCUT2D eigenvalue weighted by Crippen LogP contribution is -2.24. The van der Waals surface area contributed by atoms with Gasteiger partial charge in [0.1, 0.15) is 11.4 Å². The van der Waals surface area contributed by atoms with E-state index in [-0.39, 0.29) is 17.1 Å². The van der Waals surface area contributed by atoms with E-state index in [1.54, 1.807) is 48.5 Å². The molecule has 3 aromatic rings. The second-order valence-corrected chi connectivity index (χ2v) is 4.87. The van der Waals surface area contributed by atoms with E-state index < -0.39 is 17.3 Å². The van der Waals surface area contributed by atoms with Crippen LogP contribution in [0.25, 0.3) is 22.6 Å². The number of hydrogen-bond acceptors (Lipinski definition) is 2. The fourth-order valence-electron chi connectivity index (χ4n) is 2.27. The van der Waals surface area contributed by atoms with E-state index in [1.807, 2.05) is 0 Å². The van der Waals surface area contributed by atoms with Gasteiger partial charge in [-0.3, -0.25) is 4.79 Å². The minimum atomic E-state index is -4.79. The fraction of sp³-hybridized carbons (Fsp3) is 0.0588. The average Bonchev–Trinajstić information content (AvgIpc) is 2.54. The van der Waals surface area contributed by atoms with E-state index in [2.05, 4.69) is 9.97 Å². The minimum Gasteiger partial charge on any atom is -0.306 e. The van der Waals surface area contributed by atoms with E-state index in [9.17, 15) is 18.0 Å². The molecule has 0 aliphatic carbocycles. The molecule has 0 spiro atoms. The molecular formula is C17H11F3N2O.